The molecule has 1 fully saturated rings. The molecule has 0 aromatic heterocycles. The van der Waals surface area contributed by atoms with Crippen molar-refractivity contribution in [3.63, 3.8) is 0 Å². The molecule has 1 saturated heterocycles. The fourth-order valence-electron chi connectivity index (χ4n) is 1.40. The molecule has 0 aromatic carbocycles. The first-order chi connectivity index (χ1) is 6.50. The Kier molecular flexibility index (Phi) is 3.94. The van der Waals surface area contributed by atoms with Crippen LogP contribution in [0.25, 0.3) is 0 Å². The molecule has 1 atom stereocenters. The third-order valence-corrected chi connectivity index (χ3v) is 2.62. The standard InChI is InChI=1S/C8H10BrF4N/c9-5-6(10)7(11)8(12,13)14-3-1-2-4-14/h5,7H,1-4H2/b6-5-. The maximum absolute atomic E-state index is 13.2. The molecule has 0 spiro atoms. The number of likely N-dealkylation sites (tertiary alicyclic amines) is 1. The Labute approximate surface area is 87.9 Å². The van der Waals surface area contributed by atoms with E-state index in [0.717, 1.165) is 0 Å². The lowest BCUT2D eigenvalue weighted by Gasteiger charge is -2.28. The second-order valence-corrected chi connectivity index (χ2v) is 3.60. The second-order valence-electron chi connectivity index (χ2n) is 3.14. The van der Waals surface area contributed by atoms with E-state index in [0.29, 0.717) is 22.7 Å². The Morgan fingerprint density at radius 3 is 2.29 bits per heavy atom. The molecule has 0 amide bonds. The summed E-state index contributed by atoms with van der Waals surface area (Å²) >= 11 is 2.49. The highest BCUT2D eigenvalue weighted by molar-refractivity contribution is 9.11. The normalized spacial score (nSPS) is 22.8. The van der Waals surface area contributed by atoms with Crippen molar-refractivity contribution in [3.8, 4) is 0 Å². The van der Waals surface area contributed by atoms with Gasteiger partial charge in [-0.3, -0.25) is 0 Å². The first kappa shape index (κ1) is 12.0. The molecule has 0 radical (unpaired) electrons. The van der Waals surface area contributed by atoms with E-state index >= 15 is 0 Å². The molecule has 1 rings (SSSR count). The third-order valence-electron chi connectivity index (χ3n) is 2.18. The summed E-state index contributed by atoms with van der Waals surface area (Å²) in [5, 5.41) is 0. The minimum atomic E-state index is -3.75. The zero-order chi connectivity index (χ0) is 10.8. The summed E-state index contributed by atoms with van der Waals surface area (Å²) < 4.78 is 52.0. The lowest BCUT2D eigenvalue weighted by Crippen LogP contribution is -2.47. The molecule has 0 saturated carbocycles. The lowest BCUT2D eigenvalue weighted by molar-refractivity contribution is -0.177. The number of rotatable bonds is 3. The quantitative estimate of drug-likeness (QED) is 0.565. The van der Waals surface area contributed by atoms with Gasteiger partial charge in [0.15, 0.2) is 0 Å². The van der Waals surface area contributed by atoms with Crippen LogP contribution in [0.5, 0.6) is 0 Å². The van der Waals surface area contributed by atoms with E-state index in [2.05, 4.69) is 15.9 Å². The van der Waals surface area contributed by atoms with Gasteiger partial charge in [-0.15, -0.1) is 0 Å². The Bertz CT molecular complexity index is 225. The monoisotopic (exact) mass is 275 g/mol. The average molecular weight is 276 g/mol. The van der Waals surface area contributed by atoms with Crippen LogP contribution in [0.1, 0.15) is 12.8 Å². The van der Waals surface area contributed by atoms with Crippen molar-refractivity contribution < 1.29 is 17.6 Å². The number of hydrogen-bond donors (Lipinski definition) is 0. The van der Waals surface area contributed by atoms with Gasteiger partial charge >= 0.3 is 6.05 Å². The lowest BCUT2D eigenvalue weighted by atomic mass is 10.3. The van der Waals surface area contributed by atoms with E-state index in [1.165, 1.54) is 0 Å². The van der Waals surface area contributed by atoms with E-state index in [9.17, 15) is 17.6 Å². The van der Waals surface area contributed by atoms with Crippen molar-refractivity contribution in [2.45, 2.75) is 25.1 Å². The molecular weight excluding hydrogens is 266 g/mol. The number of halogens is 5. The molecule has 1 heterocycles. The molecule has 0 N–H and O–H groups in total. The van der Waals surface area contributed by atoms with Crippen LogP contribution in [-0.2, 0) is 0 Å². The molecule has 1 unspecified atom stereocenters. The summed E-state index contributed by atoms with van der Waals surface area (Å²) in [6.45, 7) is 0.228. The topological polar surface area (TPSA) is 3.24 Å². The third kappa shape index (κ3) is 2.28. The van der Waals surface area contributed by atoms with Gasteiger partial charge in [0, 0.05) is 18.1 Å². The molecular formula is C8H10BrF4N. The first-order valence-corrected chi connectivity index (χ1v) is 5.14. The molecule has 14 heavy (non-hydrogen) atoms. The van der Waals surface area contributed by atoms with E-state index in [-0.39, 0.29) is 13.1 Å². The van der Waals surface area contributed by atoms with Gasteiger partial charge < -0.3 is 0 Å². The van der Waals surface area contributed by atoms with Crippen LogP contribution in [0.2, 0.25) is 0 Å². The van der Waals surface area contributed by atoms with Crippen molar-refractivity contribution in [1.82, 2.24) is 4.90 Å². The summed E-state index contributed by atoms with van der Waals surface area (Å²) in [5.74, 6) is -1.48. The molecule has 0 aromatic rings. The minimum Gasteiger partial charge on any atom is -0.242 e. The summed E-state index contributed by atoms with van der Waals surface area (Å²) in [7, 11) is 0. The van der Waals surface area contributed by atoms with Crippen LogP contribution in [0.3, 0.4) is 0 Å². The molecule has 6 heteroatoms. The fraction of sp³-hybridized carbons (Fsp3) is 0.750. The van der Waals surface area contributed by atoms with Gasteiger partial charge in [-0.2, -0.15) is 8.78 Å². The highest BCUT2D eigenvalue weighted by atomic mass is 79.9. The number of alkyl halides is 3. The predicted octanol–water partition coefficient (Wildman–Crippen LogP) is 3.22. The second kappa shape index (κ2) is 4.61. The van der Waals surface area contributed by atoms with Crippen LogP contribution in [0.4, 0.5) is 17.6 Å². The van der Waals surface area contributed by atoms with Crippen molar-refractivity contribution in [3.05, 3.63) is 10.8 Å². The molecule has 1 aliphatic heterocycles. The highest BCUT2D eigenvalue weighted by Gasteiger charge is 2.49. The summed E-state index contributed by atoms with van der Waals surface area (Å²) in [6, 6.07) is -3.75. The maximum atomic E-state index is 13.2. The van der Waals surface area contributed by atoms with Crippen molar-refractivity contribution in [2.24, 2.45) is 0 Å². The van der Waals surface area contributed by atoms with Crippen molar-refractivity contribution >= 4 is 15.9 Å². The van der Waals surface area contributed by atoms with Crippen molar-refractivity contribution in [1.29, 1.82) is 0 Å². The van der Waals surface area contributed by atoms with Gasteiger partial charge in [-0.1, -0.05) is 15.9 Å². The van der Waals surface area contributed by atoms with Gasteiger partial charge in [0.25, 0.3) is 0 Å². The van der Waals surface area contributed by atoms with Crippen molar-refractivity contribution in [2.75, 3.05) is 13.1 Å². The summed E-state index contributed by atoms with van der Waals surface area (Å²) in [4.78, 5) is 1.22. The average Bonchev–Trinajstić information content (AvgIpc) is 2.68. The Morgan fingerprint density at radius 2 is 1.86 bits per heavy atom. The smallest absolute Gasteiger partial charge is 0.242 e. The largest absolute Gasteiger partial charge is 0.342 e. The van der Waals surface area contributed by atoms with Gasteiger partial charge in [0.05, 0.1) is 0 Å². The van der Waals surface area contributed by atoms with Crippen LogP contribution >= 0.6 is 15.9 Å². The SMILES string of the molecule is F/C(=C\Br)C(F)C(F)(F)N1CCCC1. The minimum absolute atomic E-state index is 0.114. The predicted molar refractivity (Wildman–Crippen MR) is 48.8 cm³/mol. The Morgan fingerprint density at radius 1 is 1.36 bits per heavy atom. The molecule has 0 aliphatic carbocycles. The first-order valence-electron chi connectivity index (χ1n) is 4.23. The molecule has 1 nitrogen and oxygen atoms in total. The van der Waals surface area contributed by atoms with Gasteiger partial charge in [-0.25, -0.2) is 13.7 Å². The van der Waals surface area contributed by atoms with E-state index in [1.54, 1.807) is 0 Å². The number of hydrogen-bond acceptors (Lipinski definition) is 1. The van der Waals surface area contributed by atoms with Crippen LogP contribution in [0.15, 0.2) is 10.8 Å². The Hall–Kier alpha value is -0.100. The van der Waals surface area contributed by atoms with Gasteiger partial charge in [0.1, 0.15) is 5.83 Å². The van der Waals surface area contributed by atoms with E-state index in [4.69, 9.17) is 0 Å². The zero-order valence-electron chi connectivity index (χ0n) is 7.32. The molecule has 1 aliphatic rings. The molecule has 0 bridgehead atoms. The van der Waals surface area contributed by atoms with Crippen LogP contribution in [-0.4, -0.2) is 30.2 Å². The van der Waals surface area contributed by atoms with Gasteiger partial charge in [0.2, 0.25) is 6.17 Å². The van der Waals surface area contributed by atoms with Crippen LogP contribution in [0, 0.1) is 0 Å². The number of nitrogens with zero attached hydrogens (tertiary/aromatic N) is 1. The van der Waals surface area contributed by atoms with E-state index in [1.807, 2.05) is 0 Å². The zero-order valence-corrected chi connectivity index (χ0v) is 8.91. The summed E-state index contributed by atoms with van der Waals surface area (Å²) in [5.41, 5.74) is 0. The van der Waals surface area contributed by atoms with Gasteiger partial charge in [-0.05, 0) is 12.8 Å². The van der Waals surface area contributed by atoms with Crippen LogP contribution < -0.4 is 0 Å². The fourth-order valence-corrected chi connectivity index (χ4v) is 1.63. The van der Waals surface area contributed by atoms with E-state index < -0.39 is 18.0 Å². The maximum Gasteiger partial charge on any atom is 0.342 e. The molecule has 82 valence electrons. The highest BCUT2D eigenvalue weighted by Crippen LogP contribution is 2.34. The Balaban J connectivity index is 2.72. The summed E-state index contributed by atoms with van der Waals surface area (Å²) in [6.07, 6.45) is -1.69.